The van der Waals surface area contributed by atoms with Crippen molar-refractivity contribution in [3.8, 4) is 33.6 Å². The Morgan fingerprint density at radius 1 is 0.333 bits per heavy atom. The van der Waals surface area contributed by atoms with Gasteiger partial charge in [0.15, 0.2) is 0 Å². The summed E-state index contributed by atoms with van der Waals surface area (Å²) in [5.41, 5.74) is 15.3. The van der Waals surface area contributed by atoms with Crippen molar-refractivity contribution in [1.29, 1.82) is 0 Å². The summed E-state index contributed by atoms with van der Waals surface area (Å²) < 4.78 is 4.80. The highest BCUT2D eigenvalue weighted by molar-refractivity contribution is 6.11. The van der Waals surface area contributed by atoms with Crippen LogP contribution in [0.15, 0.2) is 158 Å². The summed E-state index contributed by atoms with van der Waals surface area (Å²) in [5.74, 6) is 0. The lowest BCUT2D eigenvalue weighted by molar-refractivity contribution is 1.17. The van der Waals surface area contributed by atoms with Crippen LogP contribution in [0.5, 0.6) is 0 Å². The fourth-order valence-electron chi connectivity index (χ4n) is 7.68. The number of hydrogen-bond acceptors (Lipinski definition) is 0. The molecule has 2 heterocycles. The van der Waals surface area contributed by atoms with Gasteiger partial charge < -0.3 is 9.13 Å². The molecule has 0 bridgehead atoms. The highest BCUT2D eigenvalue weighted by Gasteiger charge is 2.21. The van der Waals surface area contributed by atoms with Crippen molar-refractivity contribution in [2.24, 2.45) is 0 Å². The first-order chi connectivity index (χ1) is 22.3. The third-order valence-electron chi connectivity index (χ3n) is 9.73. The van der Waals surface area contributed by atoms with Crippen LogP contribution in [0, 0.1) is 0 Å². The minimum Gasteiger partial charge on any atom is -0.309 e. The van der Waals surface area contributed by atoms with Crippen molar-refractivity contribution in [2.45, 2.75) is 6.42 Å². The molecule has 9 aromatic rings. The number of benzene rings is 7. The lowest BCUT2D eigenvalue weighted by atomic mass is 9.97. The van der Waals surface area contributed by atoms with E-state index in [9.17, 15) is 0 Å². The molecule has 210 valence electrons. The zero-order chi connectivity index (χ0) is 29.5. The van der Waals surface area contributed by atoms with Gasteiger partial charge in [0.05, 0.1) is 22.1 Å². The Labute approximate surface area is 261 Å². The summed E-state index contributed by atoms with van der Waals surface area (Å²) in [4.78, 5) is 0. The SMILES string of the molecule is c1ccc(-n2c3ccccc3c3cc(-c4ccc5c(c4)-c4cc(-n6c7ccccc7c7ccccc76)ccc4C5)ccc32)cc1. The highest BCUT2D eigenvalue weighted by atomic mass is 15.0. The molecule has 2 heteroatoms. The van der Waals surface area contributed by atoms with Gasteiger partial charge in [-0.3, -0.25) is 0 Å². The Hall–Kier alpha value is -5.86. The molecule has 2 aromatic heterocycles. The molecule has 0 spiro atoms. The van der Waals surface area contributed by atoms with E-state index >= 15 is 0 Å². The molecule has 0 saturated carbocycles. The molecule has 45 heavy (non-hydrogen) atoms. The molecule has 7 aromatic carbocycles. The van der Waals surface area contributed by atoms with E-state index in [0.717, 1.165) is 6.42 Å². The van der Waals surface area contributed by atoms with E-state index in [4.69, 9.17) is 0 Å². The van der Waals surface area contributed by atoms with Crippen LogP contribution in [-0.2, 0) is 6.42 Å². The second kappa shape index (κ2) is 9.32. The molecule has 0 N–H and O–H groups in total. The molecule has 0 saturated heterocycles. The van der Waals surface area contributed by atoms with E-state index in [0.29, 0.717) is 0 Å². The maximum atomic E-state index is 2.42. The quantitative estimate of drug-likeness (QED) is 0.199. The molecular formula is C43H28N2. The van der Waals surface area contributed by atoms with Crippen molar-refractivity contribution in [3.63, 3.8) is 0 Å². The molecule has 0 atom stereocenters. The van der Waals surface area contributed by atoms with Crippen LogP contribution in [0.4, 0.5) is 0 Å². The maximum Gasteiger partial charge on any atom is 0.0541 e. The van der Waals surface area contributed by atoms with Gasteiger partial charge in [-0.1, -0.05) is 97.1 Å². The molecular weight excluding hydrogens is 544 g/mol. The van der Waals surface area contributed by atoms with Crippen molar-refractivity contribution >= 4 is 43.6 Å². The first kappa shape index (κ1) is 24.6. The average Bonchev–Trinajstić information content (AvgIpc) is 3.75. The summed E-state index contributed by atoms with van der Waals surface area (Å²) >= 11 is 0. The average molecular weight is 573 g/mol. The van der Waals surface area contributed by atoms with Crippen LogP contribution in [0.25, 0.3) is 77.2 Å². The van der Waals surface area contributed by atoms with Crippen LogP contribution >= 0.6 is 0 Å². The van der Waals surface area contributed by atoms with E-state index in [1.54, 1.807) is 0 Å². The molecule has 0 amide bonds. The monoisotopic (exact) mass is 572 g/mol. The zero-order valence-corrected chi connectivity index (χ0v) is 24.6. The normalized spacial score (nSPS) is 12.4. The summed E-state index contributed by atoms with van der Waals surface area (Å²) in [6.07, 6.45) is 0.974. The highest BCUT2D eigenvalue weighted by Crippen LogP contribution is 2.42. The van der Waals surface area contributed by atoms with Gasteiger partial charge in [-0.25, -0.2) is 0 Å². The van der Waals surface area contributed by atoms with Gasteiger partial charge in [-0.05, 0) is 100 Å². The van der Waals surface area contributed by atoms with E-state index in [1.165, 1.54) is 88.4 Å². The summed E-state index contributed by atoms with van der Waals surface area (Å²) in [6.45, 7) is 0. The largest absolute Gasteiger partial charge is 0.309 e. The Morgan fingerprint density at radius 3 is 1.51 bits per heavy atom. The number of nitrogens with zero attached hydrogens (tertiary/aromatic N) is 2. The van der Waals surface area contributed by atoms with Gasteiger partial charge in [0.1, 0.15) is 0 Å². The predicted molar refractivity (Wildman–Crippen MR) is 189 cm³/mol. The Balaban J connectivity index is 1.12. The van der Waals surface area contributed by atoms with Gasteiger partial charge in [-0.2, -0.15) is 0 Å². The first-order valence-corrected chi connectivity index (χ1v) is 15.7. The minimum absolute atomic E-state index is 0.974. The topological polar surface area (TPSA) is 9.86 Å². The van der Waals surface area contributed by atoms with Crippen LogP contribution in [0.1, 0.15) is 11.1 Å². The summed E-state index contributed by atoms with van der Waals surface area (Å²) in [6, 6.07) is 57.9. The number of aromatic nitrogens is 2. The molecule has 10 rings (SSSR count). The van der Waals surface area contributed by atoms with Crippen LogP contribution < -0.4 is 0 Å². The third kappa shape index (κ3) is 3.57. The van der Waals surface area contributed by atoms with Crippen LogP contribution in [-0.4, -0.2) is 9.13 Å². The Morgan fingerprint density at radius 2 is 0.822 bits per heavy atom. The van der Waals surface area contributed by atoms with Crippen LogP contribution in [0.2, 0.25) is 0 Å². The summed E-state index contributed by atoms with van der Waals surface area (Å²) in [7, 11) is 0. The second-order valence-electron chi connectivity index (χ2n) is 12.2. The molecule has 0 unspecified atom stereocenters. The lowest BCUT2D eigenvalue weighted by Crippen LogP contribution is -1.94. The van der Waals surface area contributed by atoms with Crippen molar-refractivity contribution in [3.05, 3.63) is 169 Å². The van der Waals surface area contributed by atoms with Gasteiger partial charge in [0, 0.05) is 32.9 Å². The van der Waals surface area contributed by atoms with Gasteiger partial charge >= 0.3 is 0 Å². The molecule has 1 aliphatic rings. The minimum atomic E-state index is 0.974. The van der Waals surface area contributed by atoms with Crippen LogP contribution in [0.3, 0.4) is 0 Å². The number of fused-ring (bicyclic) bond motifs is 9. The van der Waals surface area contributed by atoms with E-state index in [1.807, 2.05) is 0 Å². The van der Waals surface area contributed by atoms with Gasteiger partial charge in [0.25, 0.3) is 0 Å². The number of para-hydroxylation sites is 4. The van der Waals surface area contributed by atoms with Gasteiger partial charge in [-0.15, -0.1) is 0 Å². The van der Waals surface area contributed by atoms with Crippen molar-refractivity contribution in [2.75, 3.05) is 0 Å². The molecule has 1 aliphatic carbocycles. The third-order valence-corrected chi connectivity index (χ3v) is 9.73. The number of rotatable bonds is 3. The van der Waals surface area contributed by atoms with E-state index in [-0.39, 0.29) is 0 Å². The lowest BCUT2D eigenvalue weighted by Gasteiger charge is -2.11. The van der Waals surface area contributed by atoms with Crippen molar-refractivity contribution < 1.29 is 0 Å². The predicted octanol–water partition coefficient (Wildman–Crippen LogP) is 11.1. The zero-order valence-electron chi connectivity index (χ0n) is 24.6. The van der Waals surface area contributed by atoms with E-state index in [2.05, 4.69) is 167 Å². The van der Waals surface area contributed by atoms with Gasteiger partial charge in [0.2, 0.25) is 0 Å². The summed E-state index contributed by atoms with van der Waals surface area (Å²) in [5, 5.41) is 5.14. The molecule has 0 aliphatic heterocycles. The first-order valence-electron chi connectivity index (χ1n) is 15.7. The number of hydrogen-bond donors (Lipinski definition) is 0. The van der Waals surface area contributed by atoms with Crippen molar-refractivity contribution in [1.82, 2.24) is 9.13 Å². The Bertz CT molecular complexity index is 2560. The van der Waals surface area contributed by atoms with E-state index < -0.39 is 0 Å². The fraction of sp³-hybridized carbons (Fsp3) is 0.0233. The fourth-order valence-corrected chi connectivity index (χ4v) is 7.68. The molecule has 0 fully saturated rings. The standard InChI is InChI=1S/C43H28N2/c1-2-10-32(11-3-1)44-42-17-9-6-14-36(42)39-26-29(21-23-43(39)44)28-18-19-30-24-31-20-22-33(27-38(31)37(30)25-28)45-40-15-7-4-12-34(40)35-13-5-8-16-41(35)45/h1-23,25-27H,24H2. The second-order valence-corrected chi connectivity index (χ2v) is 12.2. The molecule has 0 radical (unpaired) electrons. The Kier molecular flexibility index (Phi) is 5.09. The maximum absolute atomic E-state index is 2.42. The molecule has 2 nitrogen and oxygen atoms in total. The smallest absolute Gasteiger partial charge is 0.0541 e.